The third-order valence-electron chi connectivity index (χ3n) is 19.6. The molecular weight excluding hydrogens is 1340 g/mol. The molecule has 0 bridgehead atoms. The number of phosphoric acid groups is 2. The van der Waals surface area contributed by atoms with E-state index >= 15 is 0 Å². The van der Waals surface area contributed by atoms with Crippen molar-refractivity contribution < 1.29 is 80.2 Å². The van der Waals surface area contributed by atoms with Crippen LogP contribution in [-0.4, -0.2) is 96.7 Å². The molecule has 612 valence electrons. The van der Waals surface area contributed by atoms with Gasteiger partial charge in [-0.05, 0) is 49.4 Å². The van der Waals surface area contributed by atoms with E-state index in [2.05, 4.69) is 55.4 Å². The largest absolute Gasteiger partial charge is 0.472 e. The van der Waals surface area contributed by atoms with Crippen LogP contribution in [0.3, 0.4) is 0 Å². The molecule has 3 N–H and O–H groups in total. The van der Waals surface area contributed by atoms with Gasteiger partial charge >= 0.3 is 39.5 Å². The monoisotopic (exact) mass is 1510 g/mol. The minimum atomic E-state index is -4.96. The van der Waals surface area contributed by atoms with Crippen molar-refractivity contribution in [2.45, 2.75) is 453 Å². The Morgan fingerprint density at radius 1 is 0.243 bits per heavy atom. The number of hydrogen-bond acceptors (Lipinski definition) is 15. The first kappa shape index (κ1) is 101. The summed E-state index contributed by atoms with van der Waals surface area (Å²) < 4.78 is 68.8. The van der Waals surface area contributed by atoms with Crippen molar-refractivity contribution in [1.82, 2.24) is 0 Å². The Morgan fingerprint density at radius 3 is 0.602 bits per heavy atom. The Labute approximate surface area is 632 Å². The average molecular weight is 1510 g/mol. The van der Waals surface area contributed by atoms with E-state index in [9.17, 15) is 43.2 Å². The van der Waals surface area contributed by atoms with Crippen LogP contribution in [-0.2, 0) is 65.4 Å². The highest BCUT2D eigenvalue weighted by Crippen LogP contribution is 2.45. The zero-order valence-electron chi connectivity index (χ0n) is 68.0. The summed E-state index contributed by atoms with van der Waals surface area (Å²) in [5, 5.41) is 10.7. The van der Waals surface area contributed by atoms with Gasteiger partial charge in [0.1, 0.15) is 19.3 Å². The molecule has 0 heterocycles. The lowest BCUT2D eigenvalue weighted by Crippen LogP contribution is -2.30. The average Bonchev–Trinajstić information content (AvgIpc) is 0.938. The number of carbonyl (C=O) groups is 4. The summed E-state index contributed by atoms with van der Waals surface area (Å²) >= 11 is 0. The molecule has 5 atom stereocenters. The lowest BCUT2D eigenvalue weighted by Gasteiger charge is -2.21. The van der Waals surface area contributed by atoms with Crippen LogP contribution < -0.4 is 0 Å². The van der Waals surface area contributed by atoms with Crippen LogP contribution in [0.25, 0.3) is 0 Å². The van der Waals surface area contributed by atoms with E-state index in [1.54, 1.807) is 0 Å². The predicted octanol–water partition coefficient (Wildman–Crippen LogP) is 25.2. The molecule has 0 amide bonds. The number of rotatable bonds is 81. The third kappa shape index (κ3) is 78.0. The number of aliphatic hydroxyl groups excluding tert-OH is 1. The number of unbranched alkanes of at least 4 members (excludes halogenated alkanes) is 47. The number of carbonyl (C=O) groups excluding carboxylic acids is 4. The standard InChI is InChI=1S/C84H164O17P2/c1-74(2)60-52-44-36-30-24-18-12-9-15-21-27-33-39-48-56-64-81(86)94-70-79(100-83(88)66-58-50-40-34-28-22-16-10-13-19-25-31-37-45-53-61-75(3)4)72-98-102(90,91)96-68-78(85)69-97-103(92,93)99-73-80(71-95-82(87)65-57-49-43-42-47-55-63-77(7)8)101-84(89)67-59-51-41-35-29-23-17-11-14-20-26-32-38-46-54-62-76(5)6/h74-80,85H,9-73H2,1-8H3,(H,90,91)(H,92,93)/t78?,79-,80-/m1/s1. The lowest BCUT2D eigenvalue weighted by atomic mass is 10.0. The molecule has 0 aliphatic carbocycles. The maximum absolute atomic E-state index is 13.1. The van der Waals surface area contributed by atoms with Crippen LogP contribution in [0, 0.1) is 23.7 Å². The highest BCUT2D eigenvalue weighted by Gasteiger charge is 2.30. The van der Waals surface area contributed by atoms with Gasteiger partial charge in [0.25, 0.3) is 0 Å². The third-order valence-corrected chi connectivity index (χ3v) is 21.5. The molecule has 0 saturated heterocycles. The summed E-state index contributed by atoms with van der Waals surface area (Å²) in [7, 11) is -9.93. The second-order valence-electron chi connectivity index (χ2n) is 32.1. The van der Waals surface area contributed by atoms with Crippen molar-refractivity contribution in [3.05, 3.63) is 0 Å². The normalized spacial score (nSPS) is 14.0. The van der Waals surface area contributed by atoms with E-state index in [0.717, 1.165) is 114 Å². The Balaban J connectivity index is 5.22. The van der Waals surface area contributed by atoms with Crippen molar-refractivity contribution in [3.63, 3.8) is 0 Å². The Kier molecular flexibility index (Phi) is 71.5. The SMILES string of the molecule is CC(C)CCCCCCCCCCCCCCCCCC(=O)OC[C@H](COP(=O)(O)OCC(O)COP(=O)(O)OC[C@@H](COC(=O)CCCCCCCCC(C)C)OC(=O)CCCCCCCCCCCCCCCCCC(C)C)OC(=O)CCCCCCCCCCCCCCCCCC(C)C. The molecule has 0 fully saturated rings. The van der Waals surface area contributed by atoms with E-state index in [1.807, 2.05) is 0 Å². The second kappa shape index (κ2) is 72.9. The van der Waals surface area contributed by atoms with Crippen LogP contribution in [0.4, 0.5) is 0 Å². The van der Waals surface area contributed by atoms with Gasteiger partial charge in [-0.2, -0.15) is 0 Å². The lowest BCUT2D eigenvalue weighted by molar-refractivity contribution is -0.161. The molecule has 17 nitrogen and oxygen atoms in total. The van der Waals surface area contributed by atoms with Crippen LogP contribution in [0.1, 0.15) is 434 Å². The van der Waals surface area contributed by atoms with Crippen molar-refractivity contribution in [1.29, 1.82) is 0 Å². The number of esters is 4. The fourth-order valence-corrected chi connectivity index (χ4v) is 14.5. The maximum Gasteiger partial charge on any atom is 0.472 e. The van der Waals surface area contributed by atoms with Gasteiger partial charge in [0.15, 0.2) is 12.2 Å². The fraction of sp³-hybridized carbons (Fsp3) is 0.952. The highest BCUT2D eigenvalue weighted by atomic mass is 31.2. The van der Waals surface area contributed by atoms with Gasteiger partial charge in [0.2, 0.25) is 0 Å². The summed E-state index contributed by atoms with van der Waals surface area (Å²) in [6.45, 7) is 14.3. The molecule has 0 aromatic carbocycles. The van der Waals surface area contributed by atoms with E-state index in [4.69, 9.17) is 37.0 Å². The zero-order chi connectivity index (χ0) is 76.0. The summed E-state index contributed by atoms with van der Waals surface area (Å²) in [6, 6.07) is 0. The van der Waals surface area contributed by atoms with E-state index in [1.165, 1.54) is 231 Å². The molecule has 0 aromatic heterocycles. The molecule has 19 heteroatoms. The molecule has 0 aromatic rings. The van der Waals surface area contributed by atoms with Gasteiger partial charge in [0.05, 0.1) is 26.4 Å². The van der Waals surface area contributed by atoms with E-state index < -0.39 is 97.5 Å². The van der Waals surface area contributed by atoms with Gasteiger partial charge in [-0.25, -0.2) is 9.13 Å². The van der Waals surface area contributed by atoms with Gasteiger partial charge in [-0.1, -0.05) is 383 Å². The molecule has 0 radical (unpaired) electrons. The summed E-state index contributed by atoms with van der Waals surface area (Å²) in [6.07, 6.45) is 61.2. The van der Waals surface area contributed by atoms with Crippen LogP contribution >= 0.6 is 15.6 Å². The van der Waals surface area contributed by atoms with E-state index in [-0.39, 0.29) is 25.7 Å². The molecule has 0 saturated carbocycles. The molecule has 3 unspecified atom stereocenters. The van der Waals surface area contributed by atoms with Crippen molar-refractivity contribution in [2.24, 2.45) is 23.7 Å². The minimum absolute atomic E-state index is 0.106. The Hall–Kier alpha value is -1.94. The fourth-order valence-electron chi connectivity index (χ4n) is 13.0. The molecule has 0 spiro atoms. The maximum atomic E-state index is 13.1. The summed E-state index contributed by atoms with van der Waals surface area (Å²) in [5.41, 5.74) is 0. The molecule has 0 aliphatic rings. The van der Waals surface area contributed by atoms with Crippen molar-refractivity contribution >= 4 is 39.5 Å². The first-order valence-corrected chi connectivity index (χ1v) is 46.2. The highest BCUT2D eigenvalue weighted by molar-refractivity contribution is 7.47. The van der Waals surface area contributed by atoms with Crippen molar-refractivity contribution in [2.75, 3.05) is 39.6 Å². The first-order chi connectivity index (χ1) is 49.6. The zero-order valence-corrected chi connectivity index (χ0v) is 69.7. The second-order valence-corrected chi connectivity index (χ2v) is 35.0. The van der Waals surface area contributed by atoms with E-state index in [0.29, 0.717) is 31.6 Å². The topological polar surface area (TPSA) is 237 Å². The number of ether oxygens (including phenoxy) is 4. The van der Waals surface area contributed by atoms with Crippen molar-refractivity contribution in [3.8, 4) is 0 Å². The van der Waals surface area contributed by atoms with Gasteiger partial charge in [0, 0.05) is 25.7 Å². The van der Waals surface area contributed by atoms with Crippen LogP contribution in [0.5, 0.6) is 0 Å². The number of hydrogen-bond donors (Lipinski definition) is 3. The van der Waals surface area contributed by atoms with Gasteiger partial charge in [-0.15, -0.1) is 0 Å². The molecule has 0 rings (SSSR count). The van der Waals surface area contributed by atoms with Crippen LogP contribution in [0.2, 0.25) is 0 Å². The van der Waals surface area contributed by atoms with Gasteiger partial charge < -0.3 is 33.8 Å². The molecular formula is C84H164O17P2. The number of aliphatic hydroxyl groups is 1. The van der Waals surface area contributed by atoms with Gasteiger partial charge in [-0.3, -0.25) is 37.3 Å². The minimum Gasteiger partial charge on any atom is -0.462 e. The van der Waals surface area contributed by atoms with Crippen LogP contribution in [0.15, 0.2) is 0 Å². The smallest absolute Gasteiger partial charge is 0.462 e. The summed E-state index contributed by atoms with van der Waals surface area (Å²) in [5.74, 6) is 0.979. The molecule has 103 heavy (non-hydrogen) atoms. The summed E-state index contributed by atoms with van der Waals surface area (Å²) in [4.78, 5) is 73.1. The first-order valence-electron chi connectivity index (χ1n) is 43.2. The molecule has 0 aliphatic heterocycles. The Morgan fingerprint density at radius 2 is 0.408 bits per heavy atom. The number of phosphoric ester groups is 2. The Bertz CT molecular complexity index is 2010. The quantitative estimate of drug-likeness (QED) is 0.0222. The predicted molar refractivity (Wildman–Crippen MR) is 423 cm³/mol.